The Morgan fingerprint density at radius 2 is 2.27 bits per heavy atom. The number of hydrogen-bond acceptors (Lipinski definition) is 3. The van der Waals surface area contributed by atoms with E-state index in [0.717, 1.165) is 24.2 Å². The van der Waals surface area contributed by atoms with Crippen LogP contribution in [0, 0.1) is 0 Å². The van der Waals surface area contributed by atoms with Crippen molar-refractivity contribution in [1.29, 1.82) is 0 Å². The Bertz CT molecular complexity index is 348. The van der Waals surface area contributed by atoms with Gasteiger partial charge in [-0.3, -0.25) is 0 Å². The molecule has 0 fully saturated rings. The van der Waals surface area contributed by atoms with Gasteiger partial charge in [-0.25, -0.2) is 0 Å². The Hall–Kier alpha value is -1.48. The van der Waals surface area contributed by atoms with Crippen molar-refractivity contribution in [3.63, 3.8) is 0 Å². The van der Waals surface area contributed by atoms with E-state index < -0.39 is 0 Å². The quantitative estimate of drug-likeness (QED) is 0.770. The topological polar surface area (TPSA) is 38.7 Å². The average molecular weight is 206 g/mol. The van der Waals surface area contributed by atoms with Gasteiger partial charge in [-0.05, 0) is 18.4 Å². The lowest BCUT2D eigenvalue weighted by Crippen LogP contribution is -2.04. The average Bonchev–Trinajstić information content (AvgIpc) is 2.31. The predicted octanol–water partition coefficient (Wildman–Crippen LogP) is 2.37. The summed E-state index contributed by atoms with van der Waals surface area (Å²) >= 11 is 0. The van der Waals surface area contributed by atoms with Gasteiger partial charge in [0.15, 0.2) is 5.76 Å². The van der Waals surface area contributed by atoms with Gasteiger partial charge in [-0.15, -0.1) is 0 Å². The van der Waals surface area contributed by atoms with Crippen molar-refractivity contribution in [3.05, 3.63) is 47.8 Å². The van der Waals surface area contributed by atoms with Gasteiger partial charge in [0, 0.05) is 6.42 Å². The van der Waals surface area contributed by atoms with Gasteiger partial charge in [-0.1, -0.05) is 18.2 Å². The summed E-state index contributed by atoms with van der Waals surface area (Å²) in [5, 5.41) is 8.79. The monoisotopic (exact) mass is 206 g/mol. The maximum atomic E-state index is 8.79. The van der Waals surface area contributed by atoms with Crippen LogP contribution in [0.25, 0.3) is 0 Å². The Morgan fingerprint density at radius 1 is 1.33 bits per heavy atom. The third kappa shape index (κ3) is 2.50. The molecule has 1 N–H and O–H groups in total. The first-order chi connectivity index (χ1) is 7.40. The molecule has 1 aliphatic heterocycles. The highest BCUT2D eigenvalue weighted by molar-refractivity contribution is 5.33. The van der Waals surface area contributed by atoms with Crippen LogP contribution >= 0.6 is 0 Å². The smallest absolute Gasteiger partial charge is 0.165 e. The largest absolute Gasteiger partial charge is 0.465 e. The van der Waals surface area contributed by atoms with Crippen LogP contribution in [0.1, 0.15) is 19.3 Å². The second-order valence-electron chi connectivity index (χ2n) is 3.44. The van der Waals surface area contributed by atoms with Gasteiger partial charge in [0.25, 0.3) is 0 Å². The highest BCUT2D eigenvalue weighted by atomic mass is 16.5. The van der Waals surface area contributed by atoms with Crippen LogP contribution in [0.3, 0.4) is 0 Å². The molecule has 0 spiro atoms. The number of allylic oxidation sites excluding steroid dienone is 4. The zero-order chi connectivity index (χ0) is 10.5. The summed E-state index contributed by atoms with van der Waals surface area (Å²) in [7, 11) is 0. The molecular formula is C12H14O3. The maximum absolute atomic E-state index is 8.79. The van der Waals surface area contributed by atoms with Crippen molar-refractivity contribution in [1.82, 2.24) is 0 Å². The van der Waals surface area contributed by atoms with Crippen molar-refractivity contribution < 1.29 is 14.6 Å². The first-order valence-corrected chi connectivity index (χ1v) is 5.09. The number of rotatable bonds is 3. The fourth-order valence-electron chi connectivity index (χ4n) is 1.53. The van der Waals surface area contributed by atoms with E-state index >= 15 is 0 Å². The van der Waals surface area contributed by atoms with E-state index in [9.17, 15) is 0 Å². The van der Waals surface area contributed by atoms with E-state index in [4.69, 9.17) is 14.6 Å². The predicted molar refractivity (Wildman–Crippen MR) is 56.5 cm³/mol. The van der Waals surface area contributed by atoms with Gasteiger partial charge in [0.05, 0.1) is 6.61 Å². The number of ether oxygens (including phenoxy) is 2. The fraction of sp³-hybridized carbons (Fsp3) is 0.333. The first-order valence-electron chi connectivity index (χ1n) is 5.09. The van der Waals surface area contributed by atoms with Crippen LogP contribution in [0.15, 0.2) is 47.8 Å². The molecule has 1 heterocycles. The molecule has 15 heavy (non-hydrogen) atoms. The molecular weight excluding hydrogens is 192 g/mol. The fourth-order valence-corrected chi connectivity index (χ4v) is 1.53. The van der Waals surface area contributed by atoms with Crippen LogP contribution in [0.5, 0.6) is 0 Å². The Balaban J connectivity index is 2.02. The van der Waals surface area contributed by atoms with Crippen molar-refractivity contribution in [2.75, 3.05) is 6.61 Å². The van der Waals surface area contributed by atoms with E-state index in [-0.39, 0.29) is 6.61 Å². The van der Waals surface area contributed by atoms with Gasteiger partial charge < -0.3 is 14.6 Å². The Kier molecular flexibility index (Phi) is 3.25. The molecule has 0 bridgehead atoms. The molecule has 0 amide bonds. The van der Waals surface area contributed by atoms with Crippen LogP contribution in [0.4, 0.5) is 0 Å². The number of hydrogen-bond donors (Lipinski definition) is 1. The lowest BCUT2D eigenvalue weighted by atomic mass is 10.0. The van der Waals surface area contributed by atoms with Crippen LogP contribution in [-0.2, 0) is 9.47 Å². The molecule has 0 saturated carbocycles. The summed E-state index contributed by atoms with van der Waals surface area (Å²) in [6, 6.07) is 0. The zero-order valence-corrected chi connectivity index (χ0v) is 8.48. The highest BCUT2D eigenvalue weighted by Crippen LogP contribution is 2.26. The van der Waals surface area contributed by atoms with Crippen molar-refractivity contribution >= 4 is 0 Å². The molecule has 0 aromatic rings. The zero-order valence-electron chi connectivity index (χ0n) is 8.48. The highest BCUT2D eigenvalue weighted by Gasteiger charge is 2.14. The minimum absolute atomic E-state index is 0.0709. The van der Waals surface area contributed by atoms with Gasteiger partial charge in [0.2, 0.25) is 0 Å². The molecule has 0 radical (unpaired) electrons. The van der Waals surface area contributed by atoms with Crippen LogP contribution in [0.2, 0.25) is 0 Å². The minimum Gasteiger partial charge on any atom is -0.465 e. The van der Waals surface area contributed by atoms with Gasteiger partial charge in [-0.2, -0.15) is 0 Å². The second-order valence-corrected chi connectivity index (χ2v) is 3.44. The molecule has 0 aromatic heterocycles. The molecule has 3 heteroatoms. The Labute approximate surface area is 89.0 Å². The summed E-state index contributed by atoms with van der Waals surface area (Å²) in [5.74, 6) is 1.43. The van der Waals surface area contributed by atoms with E-state index in [1.165, 1.54) is 6.26 Å². The third-order valence-corrected chi connectivity index (χ3v) is 2.30. The Morgan fingerprint density at radius 3 is 3.00 bits per heavy atom. The molecule has 0 unspecified atom stereocenters. The lowest BCUT2D eigenvalue weighted by molar-refractivity contribution is 0.196. The summed E-state index contributed by atoms with van der Waals surface area (Å²) in [5.41, 5.74) is 1.14. The van der Waals surface area contributed by atoms with Gasteiger partial charge >= 0.3 is 0 Å². The molecule has 0 saturated heterocycles. The third-order valence-electron chi connectivity index (χ3n) is 2.30. The molecule has 2 aliphatic rings. The van der Waals surface area contributed by atoms with E-state index in [1.54, 1.807) is 6.26 Å². The molecule has 0 atom stereocenters. The minimum atomic E-state index is 0.0709. The molecule has 2 rings (SSSR count). The van der Waals surface area contributed by atoms with E-state index in [1.807, 2.05) is 12.2 Å². The van der Waals surface area contributed by atoms with Crippen molar-refractivity contribution in [2.45, 2.75) is 19.3 Å². The van der Waals surface area contributed by atoms with Crippen molar-refractivity contribution in [3.8, 4) is 0 Å². The normalized spacial score (nSPS) is 19.7. The van der Waals surface area contributed by atoms with E-state index in [2.05, 4.69) is 6.08 Å². The summed E-state index contributed by atoms with van der Waals surface area (Å²) in [4.78, 5) is 0. The molecule has 0 aromatic carbocycles. The SMILES string of the molecule is OCCC1=COC=C(C2=CC=CCC2)O1. The maximum Gasteiger partial charge on any atom is 0.165 e. The number of aliphatic hydroxyl groups is 1. The van der Waals surface area contributed by atoms with Gasteiger partial charge in [0.1, 0.15) is 18.3 Å². The molecule has 80 valence electrons. The van der Waals surface area contributed by atoms with Crippen LogP contribution in [-0.4, -0.2) is 11.7 Å². The number of aliphatic hydroxyl groups excluding tert-OH is 1. The standard InChI is InChI=1S/C12H14O3/c13-7-6-11-8-14-9-12(15-11)10-4-2-1-3-5-10/h1-2,4,8-9,13H,3,5-7H2. The lowest BCUT2D eigenvalue weighted by Gasteiger charge is -2.18. The van der Waals surface area contributed by atoms with Crippen LogP contribution < -0.4 is 0 Å². The molecule has 3 nitrogen and oxygen atoms in total. The van der Waals surface area contributed by atoms with Crippen molar-refractivity contribution in [2.24, 2.45) is 0 Å². The van der Waals surface area contributed by atoms with E-state index in [0.29, 0.717) is 12.2 Å². The summed E-state index contributed by atoms with van der Waals surface area (Å²) in [6.45, 7) is 0.0709. The second kappa shape index (κ2) is 4.84. The molecule has 1 aliphatic carbocycles. The first kappa shape index (κ1) is 10.1. The summed E-state index contributed by atoms with van der Waals surface area (Å²) < 4.78 is 10.8. The summed E-state index contributed by atoms with van der Waals surface area (Å²) in [6.07, 6.45) is 11.8.